The van der Waals surface area contributed by atoms with E-state index in [-0.39, 0.29) is 28.9 Å². The van der Waals surface area contributed by atoms with Crippen LogP contribution in [0, 0.1) is 23.2 Å². The Morgan fingerprint density at radius 3 is 2.43 bits per heavy atom. The molecule has 1 aromatic carbocycles. The minimum Gasteiger partial charge on any atom is -0.508 e. The third kappa shape index (κ3) is 8.78. The van der Waals surface area contributed by atoms with E-state index in [0.717, 1.165) is 75.5 Å². The third-order valence-electron chi connectivity index (χ3n) is 11.7. The second kappa shape index (κ2) is 17.3. The highest BCUT2D eigenvalue weighted by molar-refractivity contribution is 5.76. The molecule has 0 unspecified atom stereocenters. The molecule has 1 aromatic rings. The molecule has 0 saturated heterocycles. The lowest BCUT2D eigenvalue weighted by atomic mass is 9.51. The van der Waals surface area contributed by atoms with Crippen LogP contribution in [-0.4, -0.2) is 60.1 Å². The molecule has 6 heteroatoms. The molecular formula is C38H62FNO4. The molecular weight excluding hydrogens is 553 g/mol. The average Bonchev–Trinajstić information content (AvgIpc) is 3.30. The molecule has 44 heavy (non-hydrogen) atoms. The molecule has 0 aromatic heterocycles. The van der Waals surface area contributed by atoms with Gasteiger partial charge in [-0.15, -0.1) is 0 Å². The number of methoxy groups -OCH3 is 1. The molecule has 2 N–H and O–H groups in total. The first kappa shape index (κ1) is 35.2. The van der Waals surface area contributed by atoms with E-state index < -0.39 is 12.3 Å². The number of hydrogen-bond donors (Lipinski definition) is 2. The number of phenolic OH excluding ortho intramolecular Hbond substituents is 1. The van der Waals surface area contributed by atoms with Gasteiger partial charge in [-0.1, -0.05) is 84.1 Å². The van der Waals surface area contributed by atoms with Crippen LogP contribution < -0.4 is 0 Å². The van der Waals surface area contributed by atoms with E-state index in [2.05, 4.69) is 13.8 Å². The van der Waals surface area contributed by atoms with Crippen molar-refractivity contribution in [2.45, 2.75) is 148 Å². The Balaban J connectivity index is 1.26. The van der Waals surface area contributed by atoms with Crippen molar-refractivity contribution < 1.29 is 24.1 Å². The van der Waals surface area contributed by atoms with Crippen LogP contribution in [-0.2, 0) is 16.0 Å². The van der Waals surface area contributed by atoms with Gasteiger partial charge in [-0.05, 0) is 91.4 Å². The van der Waals surface area contributed by atoms with Gasteiger partial charge in [0.05, 0.1) is 12.7 Å². The number of aliphatic hydroxyl groups is 1. The van der Waals surface area contributed by atoms with Crippen LogP contribution in [0.5, 0.6) is 5.75 Å². The third-order valence-corrected chi connectivity index (χ3v) is 11.7. The molecule has 0 radical (unpaired) electrons. The summed E-state index contributed by atoms with van der Waals surface area (Å²) in [5.74, 6) is 1.29. The van der Waals surface area contributed by atoms with E-state index in [4.69, 9.17) is 4.74 Å². The van der Waals surface area contributed by atoms with Crippen LogP contribution in [0.2, 0.25) is 0 Å². The van der Waals surface area contributed by atoms with Gasteiger partial charge in [0.1, 0.15) is 11.9 Å². The molecule has 2 saturated carbocycles. The van der Waals surface area contributed by atoms with Crippen molar-refractivity contribution in [3.63, 3.8) is 0 Å². The Morgan fingerprint density at radius 2 is 1.70 bits per heavy atom. The van der Waals surface area contributed by atoms with Crippen LogP contribution in [0.15, 0.2) is 18.2 Å². The molecule has 0 spiro atoms. The van der Waals surface area contributed by atoms with Gasteiger partial charge in [0.25, 0.3) is 0 Å². The van der Waals surface area contributed by atoms with Crippen molar-refractivity contribution in [2.75, 3.05) is 26.8 Å². The topological polar surface area (TPSA) is 70.0 Å². The summed E-state index contributed by atoms with van der Waals surface area (Å²) in [6.07, 6.45) is 17.7. The van der Waals surface area contributed by atoms with E-state index in [1.165, 1.54) is 44.9 Å². The SMILES string of the molecule is CCCCCCCCCCCC(=O)N(CCCCC[C@@H]1Cc2cc(O)ccc2[C@@H]2[C@@H]1[C@@H]1CC[C@H](O)[C@@]1(C)C[C@@H]2F)CCOC. The number of carbonyl (C=O) groups is 1. The Kier molecular flexibility index (Phi) is 13.8. The maximum atomic E-state index is 16.0. The zero-order valence-corrected chi connectivity index (χ0v) is 28.1. The largest absolute Gasteiger partial charge is 0.508 e. The number of amides is 1. The molecule has 4 rings (SSSR count). The number of aromatic hydroxyl groups is 1. The molecule has 3 aliphatic carbocycles. The van der Waals surface area contributed by atoms with Gasteiger partial charge in [0.15, 0.2) is 0 Å². The Morgan fingerprint density at radius 1 is 1.00 bits per heavy atom. The van der Waals surface area contributed by atoms with E-state index in [9.17, 15) is 15.0 Å². The van der Waals surface area contributed by atoms with Gasteiger partial charge in [0.2, 0.25) is 5.91 Å². The lowest BCUT2D eigenvalue weighted by Gasteiger charge is -2.54. The lowest BCUT2D eigenvalue weighted by molar-refractivity contribution is -0.132. The molecule has 0 bridgehead atoms. The summed E-state index contributed by atoms with van der Waals surface area (Å²) in [5.41, 5.74) is 1.84. The monoisotopic (exact) mass is 615 g/mol. The fourth-order valence-electron chi connectivity index (χ4n) is 9.23. The number of fused-ring (bicyclic) bond motifs is 5. The van der Waals surface area contributed by atoms with E-state index in [1.54, 1.807) is 13.2 Å². The minimum absolute atomic E-state index is 0.143. The number of nitrogens with zero attached hydrogens (tertiary/aromatic N) is 1. The number of rotatable bonds is 19. The van der Waals surface area contributed by atoms with E-state index >= 15 is 4.39 Å². The van der Waals surface area contributed by atoms with Crippen molar-refractivity contribution in [1.29, 1.82) is 0 Å². The molecule has 7 atom stereocenters. The number of alkyl halides is 1. The number of unbranched alkanes of at least 4 members (excludes halogenated alkanes) is 10. The predicted molar refractivity (Wildman–Crippen MR) is 177 cm³/mol. The van der Waals surface area contributed by atoms with Crippen LogP contribution in [0.25, 0.3) is 0 Å². The van der Waals surface area contributed by atoms with Crippen LogP contribution >= 0.6 is 0 Å². The summed E-state index contributed by atoms with van der Waals surface area (Å²) in [6.45, 7) is 6.37. The first-order valence-corrected chi connectivity index (χ1v) is 18.2. The second-order valence-corrected chi connectivity index (χ2v) is 14.7. The first-order chi connectivity index (χ1) is 21.3. The average molecular weight is 616 g/mol. The molecule has 3 aliphatic rings. The normalized spacial score (nSPS) is 29.2. The summed E-state index contributed by atoms with van der Waals surface area (Å²) < 4.78 is 21.3. The maximum Gasteiger partial charge on any atom is 0.222 e. The molecule has 5 nitrogen and oxygen atoms in total. The van der Waals surface area contributed by atoms with Crippen LogP contribution in [0.3, 0.4) is 0 Å². The summed E-state index contributed by atoms with van der Waals surface area (Å²) in [4.78, 5) is 15.1. The Labute approximate surface area is 267 Å². The van der Waals surface area contributed by atoms with Crippen LogP contribution in [0.1, 0.15) is 140 Å². The number of aliphatic hydroxyl groups excluding tert-OH is 1. The van der Waals surface area contributed by atoms with Gasteiger partial charge < -0.3 is 19.8 Å². The first-order valence-electron chi connectivity index (χ1n) is 18.2. The van der Waals surface area contributed by atoms with Crippen LogP contribution in [0.4, 0.5) is 4.39 Å². The van der Waals surface area contributed by atoms with Gasteiger partial charge in [-0.2, -0.15) is 0 Å². The van der Waals surface area contributed by atoms with Crippen molar-refractivity contribution >= 4 is 5.91 Å². The van der Waals surface area contributed by atoms with Crippen molar-refractivity contribution in [2.24, 2.45) is 23.2 Å². The van der Waals surface area contributed by atoms with Gasteiger partial charge in [0, 0.05) is 32.5 Å². The number of halogens is 1. The van der Waals surface area contributed by atoms with Crippen molar-refractivity contribution in [3.8, 4) is 5.75 Å². The molecule has 1 amide bonds. The number of phenols is 1. The molecule has 250 valence electrons. The fourth-order valence-corrected chi connectivity index (χ4v) is 9.23. The lowest BCUT2D eigenvalue weighted by Crippen LogP contribution is -2.51. The standard InChI is InChI=1S/C38H62FNO4/c1-4-5-6-7-8-9-10-11-14-17-35(43)40(23-24-44-3)22-15-12-13-16-28-25-29-26-30(41)18-19-31(29)37-33(39)27-38(2)32(36(28)37)20-21-34(38)42/h18-19,26,28,32-34,36-37,41-42H,4-17,20-25,27H2,1-3H3/t28-,32+,33+,34+,36+,37+,38+/m1/s1. The Bertz CT molecular complexity index is 1020. The van der Waals surface area contributed by atoms with Crippen molar-refractivity contribution in [3.05, 3.63) is 29.3 Å². The zero-order chi connectivity index (χ0) is 31.5. The minimum atomic E-state index is -0.966. The predicted octanol–water partition coefficient (Wildman–Crippen LogP) is 8.74. The maximum absolute atomic E-state index is 16.0. The summed E-state index contributed by atoms with van der Waals surface area (Å²) in [6, 6.07) is 5.53. The number of benzene rings is 1. The highest BCUT2D eigenvalue weighted by Gasteiger charge is 2.59. The van der Waals surface area contributed by atoms with E-state index in [1.807, 2.05) is 17.0 Å². The number of hydrogen-bond acceptors (Lipinski definition) is 4. The number of carbonyl (C=O) groups excluding carboxylic acids is 1. The molecule has 0 heterocycles. The number of ether oxygens (including phenoxy) is 1. The van der Waals surface area contributed by atoms with Gasteiger partial charge in [-0.3, -0.25) is 4.79 Å². The van der Waals surface area contributed by atoms with E-state index in [0.29, 0.717) is 37.8 Å². The van der Waals surface area contributed by atoms with Gasteiger partial charge in [-0.25, -0.2) is 4.39 Å². The summed E-state index contributed by atoms with van der Waals surface area (Å²) in [7, 11) is 1.69. The quantitative estimate of drug-likeness (QED) is 0.153. The highest BCUT2D eigenvalue weighted by Crippen LogP contribution is 2.63. The smallest absolute Gasteiger partial charge is 0.222 e. The molecule has 2 fully saturated rings. The molecule has 0 aliphatic heterocycles. The summed E-state index contributed by atoms with van der Waals surface area (Å²) in [5, 5.41) is 21.1. The second-order valence-electron chi connectivity index (χ2n) is 14.7. The summed E-state index contributed by atoms with van der Waals surface area (Å²) >= 11 is 0. The Hall–Kier alpha value is -1.66. The fraction of sp³-hybridized carbons (Fsp3) is 0.816. The van der Waals surface area contributed by atoms with Gasteiger partial charge >= 0.3 is 0 Å². The highest BCUT2D eigenvalue weighted by atomic mass is 19.1. The van der Waals surface area contributed by atoms with Crippen molar-refractivity contribution in [1.82, 2.24) is 4.90 Å². The zero-order valence-electron chi connectivity index (χ0n) is 28.1.